The van der Waals surface area contributed by atoms with E-state index in [0.29, 0.717) is 0 Å². The fourth-order valence-electron chi connectivity index (χ4n) is 1.13. The van der Waals surface area contributed by atoms with E-state index in [4.69, 9.17) is 0 Å². The molecule has 0 saturated carbocycles. The molecule has 3 nitrogen and oxygen atoms in total. The first-order valence-corrected chi connectivity index (χ1v) is 4.32. The molecule has 1 aromatic rings. The van der Waals surface area contributed by atoms with Crippen LogP contribution in [-0.2, 0) is 10.9 Å². The molecule has 0 fully saturated rings. The van der Waals surface area contributed by atoms with Crippen molar-refractivity contribution in [2.75, 3.05) is 7.11 Å². The van der Waals surface area contributed by atoms with E-state index in [-0.39, 0.29) is 6.07 Å². The van der Waals surface area contributed by atoms with Crippen LogP contribution in [0.2, 0.25) is 0 Å². The highest BCUT2D eigenvalue weighted by atomic mass is 19.4. The Balaban J connectivity index is 3.50. The highest BCUT2D eigenvalue weighted by molar-refractivity contribution is 5.89. The zero-order valence-corrected chi connectivity index (χ0v) is 8.69. The number of rotatable bonds is 2. The van der Waals surface area contributed by atoms with Gasteiger partial charge in [-0.15, -0.1) is 0 Å². The highest BCUT2D eigenvalue weighted by Crippen LogP contribution is 2.33. The summed E-state index contributed by atoms with van der Waals surface area (Å²) < 4.78 is 78.7. The lowest BCUT2D eigenvalue weighted by Gasteiger charge is -2.11. The van der Waals surface area contributed by atoms with Gasteiger partial charge in [-0.05, 0) is 6.07 Å². The first kappa shape index (κ1) is 14.3. The van der Waals surface area contributed by atoms with Crippen LogP contribution in [-0.4, -0.2) is 18.1 Å². The molecule has 0 spiro atoms. The van der Waals surface area contributed by atoms with Gasteiger partial charge in [-0.3, -0.25) is 0 Å². The van der Waals surface area contributed by atoms with Crippen LogP contribution in [0.15, 0.2) is 6.07 Å². The molecule has 0 unspecified atom stereocenters. The Morgan fingerprint density at radius 3 is 2.33 bits per heavy atom. The van der Waals surface area contributed by atoms with Gasteiger partial charge in [0.25, 0.3) is 6.43 Å². The molecular formula is C9H5F6NO2. The van der Waals surface area contributed by atoms with E-state index in [9.17, 15) is 31.1 Å². The smallest absolute Gasteiger partial charge is 0.436 e. The second-order valence-corrected chi connectivity index (χ2v) is 3.05. The Hall–Kier alpha value is -1.80. The van der Waals surface area contributed by atoms with Crippen LogP contribution in [0.1, 0.15) is 28.2 Å². The van der Waals surface area contributed by atoms with Gasteiger partial charge in [0.05, 0.1) is 12.7 Å². The minimum atomic E-state index is -5.20. The van der Waals surface area contributed by atoms with Crippen LogP contribution in [0.3, 0.4) is 0 Å². The number of alkyl halides is 5. The van der Waals surface area contributed by atoms with Crippen LogP contribution >= 0.6 is 0 Å². The molecule has 0 aliphatic heterocycles. The largest absolute Gasteiger partial charge is 0.464 e. The summed E-state index contributed by atoms with van der Waals surface area (Å²) in [6.45, 7) is 0. The van der Waals surface area contributed by atoms with Crippen LogP contribution in [0, 0.1) is 5.82 Å². The second-order valence-electron chi connectivity index (χ2n) is 3.05. The van der Waals surface area contributed by atoms with Crippen molar-refractivity contribution in [1.29, 1.82) is 0 Å². The molecule has 0 saturated heterocycles. The summed E-state index contributed by atoms with van der Waals surface area (Å²) in [5.74, 6) is -3.48. The molecule has 1 aromatic heterocycles. The Morgan fingerprint density at radius 2 is 1.94 bits per heavy atom. The molecule has 0 N–H and O–H groups in total. The topological polar surface area (TPSA) is 39.2 Å². The Bertz CT molecular complexity index is 471. The predicted octanol–water partition coefficient (Wildman–Crippen LogP) is 2.96. The van der Waals surface area contributed by atoms with Gasteiger partial charge in [0.2, 0.25) is 0 Å². The fraction of sp³-hybridized carbons (Fsp3) is 0.333. The first-order chi connectivity index (χ1) is 8.18. The van der Waals surface area contributed by atoms with Crippen LogP contribution in [0.25, 0.3) is 0 Å². The summed E-state index contributed by atoms with van der Waals surface area (Å²) in [5, 5.41) is 0. The maximum absolute atomic E-state index is 13.0. The summed E-state index contributed by atoms with van der Waals surface area (Å²) in [5.41, 5.74) is -4.57. The lowest BCUT2D eigenvalue weighted by atomic mass is 10.1. The van der Waals surface area contributed by atoms with E-state index in [0.717, 1.165) is 7.11 Å². The second kappa shape index (κ2) is 4.83. The molecule has 9 heteroatoms. The monoisotopic (exact) mass is 273 g/mol. The van der Waals surface area contributed by atoms with Crippen molar-refractivity contribution in [1.82, 2.24) is 4.98 Å². The van der Waals surface area contributed by atoms with Gasteiger partial charge < -0.3 is 4.74 Å². The number of pyridine rings is 1. The number of carbonyl (C=O) groups excluding carboxylic acids is 1. The standard InChI is InChI=1S/C9H5F6NO2/c1-18-8(17)5-3(7(11)12)2-4(10)6(16-5)9(13,14)15/h2,7H,1H3. The van der Waals surface area contributed by atoms with Crippen molar-refractivity contribution in [3.05, 3.63) is 28.8 Å². The molecule has 0 aromatic carbocycles. The van der Waals surface area contributed by atoms with Crippen molar-refractivity contribution in [2.24, 2.45) is 0 Å². The third-order valence-electron chi connectivity index (χ3n) is 1.89. The van der Waals surface area contributed by atoms with E-state index < -0.39 is 41.3 Å². The molecule has 0 atom stereocenters. The third kappa shape index (κ3) is 2.71. The third-order valence-corrected chi connectivity index (χ3v) is 1.89. The van der Waals surface area contributed by atoms with Crippen molar-refractivity contribution in [3.8, 4) is 0 Å². The van der Waals surface area contributed by atoms with E-state index >= 15 is 0 Å². The molecule has 18 heavy (non-hydrogen) atoms. The first-order valence-electron chi connectivity index (χ1n) is 4.32. The van der Waals surface area contributed by atoms with Crippen LogP contribution in [0.5, 0.6) is 0 Å². The number of nitrogens with zero attached hydrogens (tertiary/aromatic N) is 1. The van der Waals surface area contributed by atoms with Gasteiger partial charge in [-0.25, -0.2) is 22.9 Å². The summed E-state index contributed by atoms with van der Waals surface area (Å²) in [4.78, 5) is 13.6. The molecule has 100 valence electrons. The molecule has 0 aliphatic carbocycles. The van der Waals surface area contributed by atoms with Crippen molar-refractivity contribution >= 4 is 5.97 Å². The SMILES string of the molecule is COC(=O)c1nc(C(F)(F)F)c(F)cc1C(F)F. The van der Waals surface area contributed by atoms with E-state index in [2.05, 4.69) is 9.72 Å². The normalized spacial score (nSPS) is 11.8. The fourth-order valence-corrected chi connectivity index (χ4v) is 1.13. The molecule has 0 aliphatic rings. The summed E-state index contributed by atoms with van der Waals surface area (Å²) in [6, 6.07) is -0.0766. The Kier molecular flexibility index (Phi) is 3.82. The molecule has 1 rings (SSSR count). The number of hydrogen-bond donors (Lipinski definition) is 0. The zero-order valence-electron chi connectivity index (χ0n) is 8.69. The lowest BCUT2D eigenvalue weighted by Crippen LogP contribution is -2.18. The maximum atomic E-state index is 13.0. The summed E-state index contributed by atoms with van der Waals surface area (Å²) in [7, 11) is 0.774. The lowest BCUT2D eigenvalue weighted by molar-refractivity contribution is -0.143. The van der Waals surface area contributed by atoms with E-state index in [1.54, 1.807) is 0 Å². The molecule has 0 amide bonds. The van der Waals surface area contributed by atoms with Crippen LogP contribution < -0.4 is 0 Å². The summed E-state index contributed by atoms with van der Waals surface area (Å²) in [6.07, 6.45) is -8.56. The van der Waals surface area contributed by atoms with E-state index in [1.165, 1.54) is 0 Å². The number of methoxy groups -OCH3 is 1. The van der Waals surface area contributed by atoms with Gasteiger partial charge in [-0.2, -0.15) is 13.2 Å². The number of carbonyl (C=O) groups is 1. The van der Waals surface area contributed by atoms with Gasteiger partial charge in [0.15, 0.2) is 17.2 Å². The Labute approximate surface area is 96.4 Å². The van der Waals surface area contributed by atoms with Crippen molar-refractivity contribution in [2.45, 2.75) is 12.6 Å². The zero-order chi connectivity index (χ0) is 14.1. The van der Waals surface area contributed by atoms with Crippen molar-refractivity contribution in [3.63, 3.8) is 0 Å². The number of esters is 1. The minimum absolute atomic E-state index is 0.0766. The van der Waals surface area contributed by atoms with Crippen molar-refractivity contribution < 1.29 is 35.9 Å². The molecule has 0 bridgehead atoms. The molecule has 1 heterocycles. The van der Waals surface area contributed by atoms with Gasteiger partial charge in [0, 0.05) is 0 Å². The molecular weight excluding hydrogens is 268 g/mol. The average Bonchev–Trinajstić information content (AvgIpc) is 2.25. The quantitative estimate of drug-likeness (QED) is 0.614. The average molecular weight is 273 g/mol. The number of halogens is 6. The van der Waals surface area contributed by atoms with E-state index in [1.807, 2.05) is 0 Å². The van der Waals surface area contributed by atoms with Gasteiger partial charge >= 0.3 is 12.1 Å². The molecule has 0 radical (unpaired) electrons. The number of aromatic nitrogens is 1. The van der Waals surface area contributed by atoms with Crippen LogP contribution in [0.4, 0.5) is 26.3 Å². The summed E-state index contributed by atoms with van der Waals surface area (Å²) >= 11 is 0. The predicted molar refractivity (Wildman–Crippen MR) is 45.5 cm³/mol. The highest BCUT2D eigenvalue weighted by Gasteiger charge is 2.38. The number of hydrogen-bond acceptors (Lipinski definition) is 3. The van der Waals surface area contributed by atoms with Gasteiger partial charge in [0.1, 0.15) is 0 Å². The van der Waals surface area contributed by atoms with Gasteiger partial charge in [-0.1, -0.05) is 0 Å². The number of ether oxygens (including phenoxy) is 1. The Morgan fingerprint density at radius 1 is 1.39 bits per heavy atom. The minimum Gasteiger partial charge on any atom is -0.464 e. The maximum Gasteiger partial charge on any atom is 0.436 e.